The molecule has 1 heterocycles. The van der Waals surface area contributed by atoms with E-state index in [1.54, 1.807) is 42.5 Å². The van der Waals surface area contributed by atoms with Crippen molar-refractivity contribution in [2.45, 2.75) is 17.9 Å². The summed E-state index contributed by atoms with van der Waals surface area (Å²) in [6.07, 6.45) is 0. The summed E-state index contributed by atoms with van der Waals surface area (Å²) in [4.78, 5) is 14.6. The number of carbonyl (C=O) groups is 1. The summed E-state index contributed by atoms with van der Waals surface area (Å²) in [7, 11) is -3.48. The molecule has 1 N–H and O–H groups in total. The van der Waals surface area contributed by atoms with Gasteiger partial charge >= 0.3 is 0 Å². The normalized spacial score (nSPS) is 17.2. The number of rotatable bonds is 6. The van der Waals surface area contributed by atoms with Crippen molar-refractivity contribution in [1.82, 2.24) is 14.5 Å². The Bertz CT molecular complexity index is 896. The molecule has 0 radical (unpaired) electrons. The number of nitrogens with zero attached hydrogens (tertiary/aromatic N) is 2. The van der Waals surface area contributed by atoms with E-state index in [-0.39, 0.29) is 18.5 Å². The first-order valence-corrected chi connectivity index (χ1v) is 11.0. The van der Waals surface area contributed by atoms with Crippen LogP contribution in [0.1, 0.15) is 18.5 Å². The maximum atomic E-state index is 12.7. The Balaban J connectivity index is 1.50. The van der Waals surface area contributed by atoms with E-state index < -0.39 is 10.0 Å². The molecule has 0 spiro atoms. The lowest BCUT2D eigenvalue weighted by Crippen LogP contribution is -2.51. The van der Waals surface area contributed by atoms with Gasteiger partial charge in [0, 0.05) is 31.2 Å². The van der Waals surface area contributed by atoms with E-state index >= 15 is 0 Å². The molecule has 3 rings (SSSR count). The number of benzene rings is 2. The fraction of sp³-hybridized carbons (Fsp3) is 0.350. The van der Waals surface area contributed by atoms with Crippen LogP contribution in [0.3, 0.4) is 0 Å². The number of nitrogens with one attached hydrogen (secondary N) is 1. The summed E-state index contributed by atoms with van der Waals surface area (Å²) in [6, 6.07) is 15.7. The molecular formula is C20H24ClN3O3S. The molecular weight excluding hydrogens is 398 g/mol. The summed E-state index contributed by atoms with van der Waals surface area (Å²) in [5.41, 5.74) is 0.983. The van der Waals surface area contributed by atoms with Gasteiger partial charge in [-0.25, -0.2) is 8.42 Å². The number of halogens is 1. The van der Waals surface area contributed by atoms with Crippen molar-refractivity contribution in [1.29, 1.82) is 0 Å². The van der Waals surface area contributed by atoms with E-state index in [0.29, 0.717) is 36.1 Å². The molecule has 0 unspecified atom stereocenters. The van der Waals surface area contributed by atoms with Crippen LogP contribution in [0.2, 0.25) is 5.02 Å². The van der Waals surface area contributed by atoms with Crippen molar-refractivity contribution in [2.24, 2.45) is 0 Å². The number of hydrogen-bond donors (Lipinski definition) is 1. The summed E-state index contributed by atoms with van der Waals surface area (Å²) in [6.45, 7) is 3.96. The van der Waals surface area contributed by atoms with Gasteiger partial charge in [-0.3, -0.25) is 9.69 Å². The average molecular weight is 422 g/mol. The predicted molar refractivity (Wildman–Crippen MR) is 110 cm³/mol. The predicted octanol–water partition coefficient (Wildman–Crippen LogP) is 2.52. The maximum absolute atomic E-state index is 12.7. The van der Waals surface area contributed by atoms with Gasteiger partial charge in [0.05, 0.1) is 17.5 Å². The molecule has 28 heavy (non-hydrogen) atoms. The van der Waals surface area contributed by atoms with Crippen LogP contribution in [0.4, 0.5) is 0 Å². The highest BCUT2D eigenvalue weighted by atomic mass is 35.5. The second-order valence-electron chi connectivity index (χ2n) is 6.83. The Morgan fingerprint density at radius 1 is 1.04 bits per heavy atom. The summed E-state index contributed by atoms with van der Waals surface area (Å²) < 4.78 is 26.8. The topological polar surface area (TPSA) is 69.7 Å². The van der Waals surface area contributed by atoms with Crippen LogP contribution in [-0.2, 0) is 14.8 Å². The lowest BCUT2D eigenvalue weighted by Gasteiger charge is -2.33. The van der Waals surface area contributed by atoms with Gasteiger partial charge in [-0.15, -0.1) is 0 Å². The van der Waals surface area contributed by atoms with Gasteiger partial charge in [-0.05, 0) is 36.8 Å². The van der Waals surface area contributed by atoms with Crippen molar-refractivity contribution in [3.05, 3.63) is 65.2 Å². The largest absolute Gasteiger partial charge is 0.348 e. The van der Waals surface area contributed by atoms with E-state index in [1.807, 2.05) is 24.0 Å². The van der Waals surface area contributed by atoms with E-state index in [0.717, 1.165) is 5.56 Å². The molecule has 150 valence electrons. The minimum Gasteiger partial charge on any atom is -0.348 e. The van der Waals surface area contributed by atoms with Crippen molar-refractivity contribution in [2.75, 3.05) is 32.7 Å². The van der Waals surface area contributed by atoms with Crippen LogP contribution in [-0.4, -0.2) is 56.3 Å². The molecule has 0 aliphatic carbocycles. The standard InChI is InChI=1S/C20H24ClN3O3S/c1-16(17-7-9-18(21)10-8-17)22-20(25)15-23-11-13-24(14-12-23)28(26,27)19-5-3-2-4-6-19/h2-10,16H,11-15H2,1H3,(H,22,25)/t16-/m1/s1. The first-order chi connectivity index (χ1) is 13.4. The molecule has 1 aliphatic rings. The molecule has 1 aliphatic heterocycles. The number of carbonyl (C=O) groups excluding carboxylic acids is 1. The zero-order valence-electron chi connectivity index (χ0n) is 15.7. The molecule has 1 amide bonds. The first kappa shape index (κ1) is 20.8. The van der Waals surface area contributed by atoms with Gasteiger partial charge < -0.3 is 5.32 Å². The van der Waals surface area contributed by atoms with Crippen LogP contribution in [0.5, 0.6) is 0 Å². The number of piperazine rings is 1. The van der Waals surface area contributed by atoms with Crippen LogP contribution in [0.25, 0.3) is 0 Å². The zero-order valence-corrected chi connectivity index (χ0v) is 17.3. The quantitative estimate of drug-likeness (QED) is 0.778. The molecule has 1 atom stereocenters. The van der Waals surface area contributed by atoms with Crippen LogP contribution in [0.15, 0.2) is 59.5 Å². The van der Waals surface area contributed by atoms with Crippen molar-refractivity contribution >= 4 is 27.5 Å². The van der Waals surface area contributed by atoms with Crippen molar-refractivity contribution in [3.63, 3.8) is 0 Å². The molecule has 0 saturated carbocycles. The fourth-order valence-corrected chi connectivity index (χ4v) is 4.76. The summed E-state index contributed by atoms with van der Waals surface area (Å²) in [5, 5.41) is 3.63. The molecule has 1 saturated heterocycles. The summed E-state index contributed by atoms with van der Waals surface area (Å²) in [5.74, 6) is -0.0817. The number of amides is 1. The van der Waals surface area contributed by atoms with E-state index in [4.69, 9.17) is 11.6 Å². The Kier molecular flexibility index (Phi) is 6.72. The van der Waals surface area contributed by atoms with Gasteiger partial charge in [-0.1, -0.05) is 41.9 Å². The maximum Gasteiger partial charge on any atom is 0.243 e. The van der Waals surface area contributed by atoms with Crippen molar-refractivity contribution in [3.8, 4) is 0 Å². The average Bonchev–Trinajstić information content (AvgIpc) is 2.69. The molecule has 1 fully saturated rings. The second kappa shape index (κ2) is 9.05. The highest BCUT2D eigenvalue weighted by Gasteiger charge is 2.29. The number of sulfonamides is 1. The minimum absolute atomic E-state index is 0.0817. The number of hydrogen-bond acceptors (Lipinski definition) is 4. The van der Waals surface area contributed by atoms with Crippen molar-refractivity contribution < 1.29 is 13.2 Å². The Morgan fingerprint density at radius 3 is 2.25 bits per heavy atom. The van der Waals surface area contributed by atoms with Crippen LogP contribution >= 0.6 is 11.6 Å². The van der Waals surface area contributed by atoms with Crippen LogP contribution in [0, 0.1) is 0 Å². The van der Waals surface area contributed by atoms with E-state index in [9.17, 15) is 13.2 Å². The molecule has 2 aromatic carbocycles. The minimum atomic E-state index is -3.48. The highest BCUT2D eigenvalue weighted by molar-refractivity contribution is 7.89. The van der Waals surface area contributed by atoms with Gasteiger partial charge in [0.15, 0.2) is 0 Å². The SMILES string of the molecule is C[C@@H](NC(=O)CN1CCN(S(=O)(=O)c2ccccc2)CC1)c1ccc(Cl)cc1. The van der Waals surface area contributed by atoms with E-state index in [1.165, 1.54) is 4.31 Å². The lowest BCUT2D eigenvalue weighted by molar-refractivity contribution is -0.123. The molecule has 8 heteroatoms. The third-order valence-corrected chi connectivity index (χ3v) is 6.99. The molecule has 0 aromatic heterocycles. The highest BCUT2D eigenvalue weighted by Crippen LogP contribution is 2.18. The van der Waals surface area contributed by atoms with Gasteiger partial charge in [0.25, 0.3) is 0 Å². The Morgan fingerprint density at radius 2 is 1.64 bits per heavy atom. The second-order valence-corrected chi connectivity index (χ2v) is 9.21. The van der Waals surface area contributed by atoms with Crippen LogP contribution < -0.4 is 5.32 Å². The van der Waals surface area contributed by atoms with Gasteiger partial charge in [0.2, 0.25) is 15.9 Å². The fourth-order valence-electron chi connectivity index (χ4n) is 3.19. The third-order valence-electron chi connectivity index (χ3n) is 4.83. The Hall–Kier alpha value is -1.93. The first-order valence-electron chi connectivity index (χ1n) is 9.18. The van der Waals surface area contributed by atoms with E-state index in [2.05, 4.69) is 5.32 Å². The Labute approximate surface area is 171 Å². The summed E-state index contributed by atoms with van der Waals surface area (Å²) >= 11 is 5.89. The molecule has 0 bridgehead atoms. The molecule has 6 nitrogen and oxygen atoms in total. The molecule has 2 aromatic rings. The lowest BCUT2D eigenvalue weighted by atomic mass is 10.1. The van der Waals surface area contributed by atoms with Gasteiger partial charge in [-0.2, -0.15) is 4.31 Å². The zero-order chi connectivity index (χ0) is 20.1. The smallest absolute Gasteiger partial charge is 0.243 e. The van der Waals surface area contributed by atoms with Gasteiger partial charge in [0.1, 0.15) is 0 Å². The third kappa shape index (κ3) is 5.11. The monoisotopic (exact) mass is 421 g/mol.